The largest absolute Gasteiger partial charge is 0.494 e. The lowest BCUT2D eigenvalue weighted by atomic mass is 10.1. The van der Waals surface area contributed by atoms with Crippen LogP contribution in [0.15, 0.2) is 30.5 Å². The van der Waals surface area contributed by atoms with Crippen molar-refractivity contribution in [2.45, 2.75) is 32.2 Å². The molecular weight excluding hydrogens is 316 g/mol. The molecule has 1 aromatic carbocycles. The number of amides is 1. The summed E-state index contributed by atoms with van der Waals surface area (Å²) in [6, 6.07) is 7.95. The van der Waals surface area contributed by atoms with Crippen LogP contribution in [0.1, 0.15) is 35.3 Å². The maximum atomic E-state index is 12.8. The number of carbonyl (C=O) groups is 1. The molecule has 1 fully saturated rings. The van der Waals surface area contributed by atoms with Gasteiger partial charge in [-0.15, -0.1) is 0 Å². The SMILES string of the molecule is COc1ccc(C)cc1-n1ccc(C(=O)N(C)C2CCCNCC2)n1. The predicted octanol–water partition coefficient (Wildman–Crippen LogP) is 2.40. The standard InChI is InChI=1S/C19H26N4O2/c1-14-6-7-18(25-3)17(13-14)23-12-9-16(21-23)19(24)22(2)15-5-4-10-20-11-8-15/h6-7,9,12-13,15,20H,4-5,8,10-11H2,1-3H3. The van der Waals surface area contributed by atoms with Crippen molar-refractivity contribution in [3.8, 4) is 11.4 Å². The normalized spacial score (nSPS) is 17.8. The molecule has 6 nitrogen and oxygen atoms in total. The third kappa shape index (κ3) is 3.85. The van der Waals surface area contributed by atoms with E-state index < -0.39 is 0 Å². The van der Waals surface area contributed by atoms with Crippen molar-refractivity contribution in [3.63, 3.8) is 0 Å². The number of carbonyl (C=O) groups excluding carboxylic acids is 1. The molecule has 25 heavy (non-hydrogen) atoms. The van der Waals surface area contributed by atoms with Gasteiger partial charge in [0.2, 0.25) is 0 Å². The number of aromatic nitrogens is 2. The van der Waals surface area contributed by atoms with Crippen LogP contribution in [-0.4, -0.2) is 53.9 Å². The second-order valence-electron chi connectivity index (χ2n) is 6.57. The lowest BCUT2D eigenvalue weighted by Gasteiger charge is -2.26. The first kappa shape index (κ1) is 17.5. The molecule has 2 heterocycles. The van der Waals surface area contributed by atoms with E-state index in [1.54, 1.807) is 17.9 Å². The van der Waals surface area contributed by atoms with Gasteiger partial charge in [0.15, 0.2) is 5.69 Å². The molecule has 1 amide bonds. The van der Waals surface area contributed by atoms with Crippen LogP contribution >= 0.6 is 0 Å². The van der Waals surface area contributed by atoms with E-state index in [1.165, 1.54) is 0 Å². The number of aryl methyl sites for hydroxylation is 1. The van der Waals surface area contributed by atoms with Gasteiger partial charge < -0.3 is 15.0 Å². The molecule has 1 aliphatic rings. The minimum Gasteiger partial charge on any atom is -0.494 e. The van der Waals surface area contributed by atoms with Crippen LogP contribution in [0.4, 0.5) is 0 Å². The molecule has 1 atom stereocenters. The molecule has 1 unspecified atom stereocenters. The molecule has 1 aromatic heterocycles. The van der Waals surface area contributed by atoms with E-state index in [1.807, 2.05) is 43.3 Å². The van der Waals surface area contributed by atoms with Gasteiger partial charge in [-0.2, -0.15) is 5.10 Å². The topological polar surface area (TPSA) is 59.4 Å². The van der Waals surface area contributed by atoms with E-state index in [-0.39, 0.29) is 11.9 Å². The van der Waals surface area contributed by atoms with E-state index in [9.17, 15) is 4.79 Å². The van der Waals surface area contributed by atoms with Gasteiger partial charge in [0.05, 0.1) is 7.11 Å². The fraction of sp³-hybridized carbons (Fsp3) is 0.474. The van der Waals surface area contributed by atoms with E-state index >= 15 is 0 Å². The Morgan fingerprint density at radius 1 is 1.32 bits per heavy atom. The number of nitrogens with zero attached hydrogens (tertiary/aromatic N) is 3. The predicted molar refractivity (Wildman–Crippen MR) is 97.5 cm³/mol. The first-order valence-corrected chi connectivity index (χ1v) is 8.78. The van der Waals surface area contributed by atoms with E-state index in [0.29, 0.717) is 5.69 Å². The van der Waals surface area contributed by atoms with E-state index in [4.69, 9.17) is 4.74 Å². The molecule has 1 N–H and O–H groups in total. The van der Waals surface area contributed by atoms with Gasteiger partial charge in [0.1, 0.15) is 11.4 Å². The lowest BCUT2D eigenvalue weighted by Crippen LogP contribution is -2.37. The smallest absolute Gasteiger partial charge is 0.274 e. The van der Waals surface area contributed by atoms with E-state index in [2.05, 4.69) is 10.4 Å². The average Bonchev–Trinajstić information content (AvgIpc) is 2.95. The fourth-order valence-corrected chi connectivity index (χ4v) is 3.29. The monoisotopic (exact) mass is 342 g/mol. The summed E-state index contributed by atoms with van der Waals surface area (Å²) < 4.78 is 7.13. The molecule has 134 valence electrons. The molecule has 1 aliphatic heterocycles. The van der Waals surface area contributed by atoms with Crippen LogP contribution in [0.2, 0.25) is 0 Å². The van der Waals surface area contributed by atoms with Crippen LogP contribution in [0, 0.1) is 6.92 Å². The third-order valence-corrected chi connectivity index (χ3v) is 4.80. The summed E-state index contributed by atoms with van der Waals surface area (Å²) >= 11 is 0. The molecule has 0 saturated carbocycles. The van der Waals surface area contributed by atoms with Crippen molar-refractivity contribution in [1.82, 2.24) is 20.0 Å². The van der Waals surface area contributed by atoms with Crippen LogP contribution < -0.4 is 10.1 Å². The molecule has 0 spiro atoms. The van der Waals surface area contributed by atoms with Crippen LogP contribution in [0.5, 0.6) is 5.75 Å². The zero-order valence-electron chi connectivity index (χ0n) is 15.2. The Bertz CT molecular complexity index is 733. The van der Waals surface area contributed by atoms with Crippen LogP contribution in [0.3, 0.4) is 0 Å². The van der Waals surface area contributed by atoms with Gasteiger partial charge in [0, 0.05) is 19.3 Å². The van der Waals surface area contributed by atoms with Crippen LogP contribution in [0.25, 0.3) is 5.69 Å². The van der Waals surface area contributed by atoms with E-state index in [0.717, 1.165) is 49.4 Å². The van der Waals surface area contributed by atoms with Gasteiger partial charge in [-0.1, -0.05) is 6.07 Å². The molecule has 3 rings (SSSR count). The zero-order valence-corrected chi connectivity index (χ0v) is 15.2. The number of hydrogen-bond donors (Lipinski definition) is 1. The lowest BCUT2D eigenvalue weighted by molar-refractivity contribution is 0.0714. The van der Waals surface area contributed by atoms with Gasteiger partial charge >= 0.3 is 0 Å². The highest BCUT2D eigenvalue weighted by atomic mass is 16.5. The number of hydrogen-bond acceptors (Lipinski definition) is 4. The number of rotatable bonds is 4. The second-order valence-corrected chi connectivity index (χ2v) is 6.57. The first-order valence-electron chi connectivity index (χ1n) is 8.78. The van der Waals surface area contributed by atoms with Gasteiger partial charge in [-0.3, -0.25) is 4.79 Å². The Kier molecular flexibility index (Phi) is 5.38. The fourth-order valence-electron chi connectivity index (χ4n) is 3.29. The molecule has 2 aromatic rings. The Labute approximate surface area is 148 Å². The minimum atomic E-state index is -0.0303. The molecule has 0 aliphatic carbocycles. The van der Waals surface area contributed by atoms with Gasteiger partial charge in [-0.25, -0.2) is 4.68 Å². The molecule has 1 saturated heterocycles. The Hall–Kier alpha value is -2.34. The van der Waals surface area contributed by atoms with Crippen molar-refractivity contribution in [2.75, 3.05) is 27.2 Å². The summed E-state index contributed by atoms with van der Waals surface area (Å²) in [6.07, 6.45) is 4.92. The minimum absolute atomic E-state index is 0.0303. The zero-order chi connectivity index (χ0) is 17.8. The highest BCUT2D eigenvalue weighted by Gasteiger charge is 2.24. The third-order valence-electron chi connectivity index (χ3n) is 4.80. The summed E-state index contributed by atoms with van der Waals surface area (Å²) in [5, 5.41) is 7.88. The van der Waals surface area contributed by atoms with Crippen LogP contribution in [-0.2, 0) is 0 Å². The average molecular weight is 342 g/mol. The highest BCUT2D eigenvalue weighted by molar-refractivity contribution is 5.92. The maximum absolute atomic E-state index is 12.8. The van der Waals surface area contributed by atoms with Crippen molar-refractivity contribution in [3.05, 3.63) is 41.7 Å². The molecule has 0 bridgehead atoms. The van der Waals surface area contributed by atoms with Crippen molar-refractivity contribution in [2.24, 2.45) is 0 Å². The van der Waals surface area contributed by atoms with Crippen molar-refractivity contribution in [1.29, 1.82) is 0 Å². The summed E-state index contributed by atoms with van der Waals surface area (Å²) in [6.45, 7) is 4.00. The Balaban J connectivity index is 1.81. The summed E-state index contributed by atoms with van der Waals surface area (Å²) in [4.78, 5) is 14.7. The summed E-state index contributed by atoms with van der Waals surface area (Å²) in [5.41, 5.74) is 2.41. The Morgan fingerprint density at radius 3 is 2.96 bits per heavy atom. The molecule has 6 heteroatoms. The number of methoxy groups -OCH3 is 1. The Morgan fingerprint density at radius 2 is 2.16 bits per heavy atom. The number of nitrogens with one attached hydrogen (secondary N) is 1. The van der Waals surface area contributed by atoms with Gasteiger partial charge in [0.25, 0.3) is 5.91 Å². The maximum Gasteiger partial charge on any atom is 0.274 e. The summed E-state index contributed by atoms with van der Waals surface area (Å²) in [7, 11) is 3.52. The number of ether oxygens (including phenoxy) is 1. The summed E-state index contributed by atoms with van der Waals surface area (Å²) in [5.74, 6) is 0.702. The van der Waals surface area contributed by atoms with Gasteiger partial charge in [-0.05, 0) is 63.0 Å². The molecular formula is C19H26N4O2. The highest BCUT2D eigenvalue weighted by Crippen LogP contribution is 2.24. The molecule has 0 radical (unpaired) electrons. The quantitative estimate of drug-likeness (QED) is 0.927. The van der Waals surface area contributed by atoms with Crippen molar-refractivity contribution < 1.29 is 9.53 Å². The number of benzene rings is 1. The first-order chi connectivity index (χ1) is 12.1. The van der Waals surface area contributed by atoms with Crippen molar-refractivity contribution >= 4 is 5.91 Å². The second kappa shape index (κ2) is 7.70.